The van der Waals surface area contributed by atoms with E-state index in [4.69, 9.17) is 16.9 Å². The van der Waals surface area contributed by atoms with Crippen LogP contribution in [0, 0.1) is 12.3 Å². The molecule has 1 heterocycles. The van der Waals surface area contributed by atoms with E-state index in [1.54, 1.807) is 18.2 Å². The quantitative estimate of drug-likeness (QED) is 0.617. The van der Waals surface area contributed by atoms with E-state index in [1.165, 1.54) is 4.90 Å². The normalized spacial score (nSPS) is 18.2. The number of amides is 1. The topological polar surface area (TPSA) is 55.6 Å². The van der Waals surface area contributed by atoms with Gasteiger partial charge < -0.3 is 10.5 Å². The number of carbonyl (C=O) groups is 1. The molecule has 1 unspecified atom stereocenters. The maximum atomic E-state index is 12.1. The highest BCUT2D eigenvalue weighted by Crippen LogP contribution is 2.38. The van der Waals surface area contributed by atoms with Crippen LogP contribution in [0.4, 0.5) is 11.4 Å². The fourth-order valence-electron chi connectivity index (χ4n) is 1.92. The van der Waals surface area contributed by atoms with Gasteiger partial charge in [-0.2, -0.15) is 0 Å². The number of rotatable bonds is 2. The zero-order valence-corrected chi connectivity index (χ0v) is 9.64. The Hall–Kier alpha value is -2.15. The fourth-order valence-corrected chi connectivity index (χ4v) is 1.92. The Morgan fingerprint density at radius 2 is 2.35 bits per heavy atom. The second kappa shape index (κ2) is 4.38. The fraction of sp³-hybridized carbons (Fsp3) is 0.308. The SMILES string of the molecule is C#CCN1C(=O)C(CC)Oc2cccc(N)c21. The van der Waals surface area contributed by atoms with Crippen molar-refractivity contribution in [2.45, 2.75) is 19.4 Å². The molecule has 0 aliphatic carbocycles. The average molecular weight is 230 g/mol. The van der Waals surface area contributed by atoms with Gasteiger partial charge >= 0.3 is 0 Å². The number of nitrogens with zero attached hydrogens (tertiary/aromatic N) is 1. The minimum atomic E-state index is -0.474. The van der Waals surface area contributed by atoms with E-state index < -0.39 is 6.10 Å². The highest BCUT2D eigenvalue weighted by Gasteiger charge is 2.33. The lowest BCUT2D eigenvalue weighted by Crippen LogP contribution is -2.46. The summed E-state index contributed by atoms with van der Waals surface area (Å²) in [6, 6.07) is 5.32. The van der Waals surface area contributed by atoms with Crippen molar-refractivity contribution < 1.29 is 9.53 Å². The van der Waals surface area contributed by atoms with Crippen molar-refractivity contribution in [3.05, 3.63) is 18.2 Å². The molecule has 1 aliphatic rings. The van der Waals surface area contributed by atoms with E-state index in [0.717, 1.165) is 0 Å². The van der Waals surface area contributed by atoms with Crippen molar-refractivity contribution in [2.75, 3.05) is 17.2 Å². The van der Waals surface area contributed by atoms with Gasteiger partial charge in [-0.3, -0.25) is 9.69 Å². The predicted octanol–water partition coefficient (Wildman–Crippen LogP) is 1.41. The van der Waals surface area contributed by atoms with Gasteiger partial charge in [-0.05, 0) is 18.6 Å². The second-order valence-electron chi connectivity index (χ2n) is 3.84. The summed E-state index contributed by atoms with van der Waals surface area (Å²) in [4.78, 5) is 13.6. The first-order chi connectivity index (χ1) is 8.19. The number of nitrogen functional groups attached to an aromatic ring is 1. The third-order valence-corrected chi connectivity index (χ3v) is 2.73. The van der Waals surface area contributed by atoms with E-state index in [9.17, 15) is 4.79 Å². The molecule has 1 amide bonds. The molecular formula is C13H14N2O2. The number of fused-ring (bicyclic) bond motifs is 1. The standard InChI is InChI=1S/C13H14N2O2/c1-3-8-15-12-9(14)6-5-7-11(12)17-10(4-2)13(15)16/h1,5-7,10H,4,8,14H2,2H3. The first kappa shape index (κ1) is 11.3. The van der Waals surface area contributed by atoms with Crippen LogP contribution >= 0.6 is 0 Å². The number of carbonyl (C=O) groups excluding carboxylic acids is 1. The van der Waals surface area contributed by atoms with Crippen molar-refractivity contribution >= 4 is 17.3 Å². The van der Waals surface area contributed by atoms with E-state index in [1.807, 2.05) is 6.92 Å². The van der Waals surface area contributed by atoms with Crippen LogP contribution < -0.4 is 15.4 Å². The molecule has 4 nitrogen and oxygen atoms in total. The van der Waals surface area contributed by atoms with Gasteiger partial charge in [0.15, 0.2) is 6.10 Å². The highest BCUT2D eigenvalue weighted by molar-refractivity contribution is 6.03. The summed E-state index contributed by atoms with van der Waals surface area (Å²) < 4.78 is 5.61. The molecule has 2 N–H and O–H groups in total. The molecule has 0 bridgehead atoms. The molecule has 0 saturated heterocycles. The summed E-state index contributed by atoms with van der Waals surface area (Å²) in [6.45, 7) is 2.10. The van der Waals surface area contributed by atoms with Crippen LogP contribution in [-0.4, -0.2) is 18.6 Å². The van der Waals surface area contributed by atoms with Crippen LogP contribution in [-0.2, 0) is 4.79 Å². The van der Waals surface area contributed by atoms with Crippen molar-refractivity contribution in [3.8, 4) is 18.1 Å². The number of ether oxygens (including phenoxy) is 1. The zero-order valence-electron chi connectivity index (χ0n) is 9.64. The minimum absolute atomic E-state index is 0.129. The molecule has 2 rings (SSSR count). The van der Waals surface area contributed by atoms with Crippen LogP contribution in [0.2, 0.25) is 0 Å². The Labute approximate surface area is 100 Å². The lowest BCUT2D eigenvalue weighted by molar-refractivity contribution is -0.126. The maximum Gasteiger partial charge on any atom is 0.269 e. The lowest BCUT2D eigenvalue weighted by Gasteiger charge is -2.33. The molecule has 88 valence electrons. The van der Waals surface area contributed by atoms with E-state index in [2.05, 4.69) is 5.92 Å². The molecule has 0 aromatic heterocycles. The first-order valence-corrected chi connectivity index (χ1v) is 5.49. The van der Waals surface area contributed by atoms with Crippen LogP contribution in [0.1, 0.15) is 13.3 Å². The zero-order chi connectivity index (χ0) is 12.4. The van der Waals surface area contributed by atoms with Gasteiger partial charge in [-0.1, -0.05) is 18.9 Å². The summed E-state index contributed by atoms with van der Waals surface area (Å²) >= 11 is 0. The van der Waals surface area contributed by atoms with Crippen LogP contribution in [0.5, 0.6) is 5.75 Å². The van der Waals surface area contributed by atoms with E-state index in [-0.39, 0.29) is 12.5 Å². The van der Waals surface area contributed by atoms with Gasteiger partial charge in [-0.25, -0.2) is 0 Å². The van der Waals surface area contributed by atoms with Gasteiger partial charge in [0, 0.05) is 0 Å². The number of para-hydroxylation sites is 1. The van der Waals surface area contributed by atoms with Gasteiger partial charge in [0.05, 0.1) is 12.2 Å². The van der Waals surface area contributed by atoms with Crippen molar-refractivity contribution in [1.82, 2.24) is 0 Å². The number of hydrogen-bond donors (Lipinski definition) is 1. The third-order valence-electron chi connectivity index (χ3n) is 2.73. The van der Waals surface area contributed by atoms with Crippen molar-refractivity contribution in [2.24, 2.45) is 0 Å². The Morgan fingerprint density at radius 1 is 1.59 bits per heavy atom. The first-order valence-electron chi connectivity index (χ1n) is 5.49. The number of anilines is 2. The Balaban J connectivity index is 2.51. The smallest absolute Gasteiger partial charge is 0.269 e. The monoisotopic (exact) mass is 230 g/mol. The van der Waals surface area contributed by atoms with Gasteiger partial charge in [-0.15, -0.1) is 6.42 Å². The molecular weight excluding hydrogens is 216 g/mol. The van der Waals surface area contributed by atoms with Crippen LogP contribution in [0.15, 0.2) is 18.2 Å². The summed E-state index contributed by atoms with van der Waals surface area (Å²) in [6.07, 6.45) is 5.42. The summed E-state index contributed by atoms with van der Waals surface area (Å²) in [5.74, 6) is 2.96. The average Bonchev–Trinajstić information content (AvgIpc) is 2.32. The molecule has 0 saturated carbocycles. The molecule has 1 aromatic rings. The molecule has 1 aliphatic heterocycles. The van der Waals surface area contributed by atoms with Gasteiger partial charge in [0.1, 0.15) is 11.4 Å². The minimum Gasteiger partial charge on any atom is -0.478 e. The number of terminal acetylenes is 1. The van der Waals surface area contributed by atoms with Gasteiger partial charge in [0.2, 0.25) is 0 Å². The van der Waals surface area contributed by atoms with Crippen LogP contribution in [0.25, 0.3) is 0 Å². The summed E-state index contributed by atoms with van der Waals surface area (Å²) in [5.41, 5.74) is 6.95. The summed E-state index contributed by atoms with van der Waals surface area (Å²) in [7, 11) is 0. The maximum absolute atomic E-state index is 12.1. The number of benzene rings is 1. The molecule has 1 aromatic carbocycles. The number of hydrogen-bond acceptors (Lipinski definition) is 3. The molecule has 0 spiro atoms. The Morgan fingerprint density at radius 3 is 3.00 bits per heavy atom. The van der Waals surface area contributed by atoms with Crippen molar-refractivity contribution in [3.63, 3.8) is 0 Å². The second-order valence-corrected chi connectivity index (χ2v) is 3.84. The molecule has 4 heteroatoms. The summed E-state index contributed by atoms with van der Waals surface area (Å²) in [5, 5.41) is 0. The number of nitrogens with two attached hydrogens (primary N) is 1. The molecule has 1 atom stereocenters. The van der Waals surface area contributed by atoms with Crippen molar-refractivity contribution in [1.29, 1.82) is 0 Å². The predicted molar refractivity (Wildman–Crippen MR) is 66.7 cm³/mol. The molecule has 0 radical (unpaired) electrons. The van der Waals surface area contributed by atoms with Crippen LogP contribution in [0.3, 0.4) is 0 Å². The lowest BCUT2D eigenvalue weighted by atomic mass is 10.1. The Kier molecular flexibility index (Phi) is 2.92. The van der Waals surface area contributed by atoms with E-state index >= 15 is 0 Å². The molecule has 0 fully saturated rings. The van der Waals surface area contributed by atoms with Gasteiger partial charge in [0.25, 0.3) is 5.91 Å². The highest BCUT2D eigenvalue weighted by atomic mass is 16.5. The largest absolute Gasteiger partial charge is 0.478 e. The third kappa shape index (κ3) is 1.80. The van der Waals surface area contributed by atoms with E-state index in [0.29, 0.717) is 23.5 Å². The molecule has 17 heavy (non-hydrogen) atoms. The Bertz CT molecular complexity index is 491.